The Hall–Kier alpha value is -1.61. The first kappa shape index (κ1) is 11.5. The number of aromatic carboxylic acids is 1. The fraction of sp³-hybridized carbons (Fsp3) is 0.250. The number of aliphatic hydroxyl groups excluding tert-OH is 1. The molecule has 0 aliphatic heterocycles. The molecule has 80 valence electrons. The third kappa shape index (κ3) is 2.92. The quantitative estimate of drug-likeness (QED) is 0.720. The van der Waals surface area contributed by atoms with Crippen LogP contribution in [0.2, 0.25) is 0 Å². The van der Waals surface area contributed by atoms with E-state index in [0.717, 1.165) is 11.1 Å². The van der Waals surface area contributed by atoms with E-state index in [2.05, 4.69) is 6.58 Å². The van der Waals surface area contributed by atoms with Crippen molar-refractivity contribution in [1.29, 1.82) is 0 Å². The summed E-state index contributed by atoms with van der Waals surface area (Å²) in [5.74, 6) is -0.934. The smallest absolute Gasteiger partial charge is 0.335 e. The molecule has 1 aromatic rings. The van der Waals surface area contributed by atoms with Crippen LogP contribution < -0.4 is 0 Å². The van der Waals surface area contributed by atoms with E-state index in [9.17, 15) is 4.79 Å². The number of benzene rings is 1. The maximum atomic E-state index is 10.8. The minimum absolute atomic E-state index is 0.0660. The van der Waals surface area contributed by atoms with Gasteiger partial charge in [0, 0.05) is 6.61 Å². The van der Waals surface area contributed by atoms with Crippen molar-refractivity contribution < 1.29 is 15.0 Å². The number of aliphatic hydroxyl groups is 1. The first-order valence-electron chi connectivity index (χ1n) is 4.76. The van der Waals surface area contributed by atoms with Crippen LogP contribution in [-0.2, 0) is 12.8 Å². The molecule has 0 heterocycles. The molecule has 3 heteroatoms. The molecule has 0 aliphatic rings. The summed E-state index contributed by atoms with van der Waals surface area (Å²) in [6.07, 6.45) is 2.89. The normalized spacial score (nSPS) is 9.93. The molecule has 3 nitrogen and oxygen atoms in total. The molecule has 15 heavy (non-hydrogen) atoms. The van der Waals surface area contributed by atoms with E-state index in [1.807, 2.05) is 0 Å². The highest BCUT2D eigenvalue weighted by atomic mass is 16.4. The van der Waals surface area contributed by atoms with E-state index in [0.29, 0.717) is 12.8 Å². The number of rotatable bonds is 5. The lowest BCUT2D eigenvalue weighted by Crippen LogP contribution is -2.02. The lowest BCUT2D eigenvalue weighted by molar-refractivity contribution is 0.0697. The standard InChI is InChI=1S/C12H14O3/c1-2-3-10-8-11(12(14)15)5-4-9(10)6-7-13/h2,4-5,8,13H,1,3,6-7H2,(H,14,15). The summed E-state index contributed by atoms with van der Waals surface area (Å²) in [4.78, 5) is 10.8. The number of allylic oxidation sites excluding steroid dienone is 1. The van der Waals surface area contributed by atoms with Crippen molar-refractivity contribution in [3.05, 3.63) is 47.5 Å². The lowest BCUT2D eigenvalue weighted by atomic mass is 9.99. The summed E-state index contributed by atoms with van der Waals surface area (Å²) in [7, 11) is 0. The first-order valence-corrected chi connectivity index (χ1v) is 4.76. The Labute approximate surface area is 88.7 Å². The van der Waals surface area contributed by atoms with E-state index < -0.39 is 5.97 Å². The Kier molecular flexibility index (Phi) is 4.06. The van der Waals surface area contributed by atoms with Crippen molar-refractivity contribution in [3.8, 4) is 0 Å². The Bertz CT molecular complexity index is 369. The van der Waals surface area contributed by atoms with Crippen LogP contribution in [0.15, 0.2) is 30.9 Å². The summed E-state index contributed by atoms with van der Waals surface area (Å²) < 4.78 is 0. The minimum atomic E-state index is -0.934. The highest BCUT2D eigenvalue weighted by molar-refractivity contribution is 5.87. The Morgan fingerprint density at radius 2 is 2.13 bits per heavy atom. The average Bonchev–Trinajstić information content (AvgIpc) is 2.21. The van der Waals surface area contributed by atoms with Gasteiger partial charge in [-0.2, -0.15) is 0 Å². The van der Waals surface area contributed by atoms with Gasteiger partial charge in [0.05, 0.1) is 5.56 Å². The van der Waals surface area contributed by atoms with Gasteiger partial charge in [0.2, 0.25) is 0 Å². The Balaban J connectivity index is 3.07. The van der Waals surface area contributed by atoms with Crippen molar-refractivity contribution in [2.75, 3.05) is 6.61 Å². The number of carbonyl (C=O) groups is 1. The zero-order valence-electron chi connectivity index (χ0n) is 8.44. The molecule has 0 saturated carbocycles. The molecule has 2 N–H and O–H groups in total. The average molecular weight is 206 g/mol. The molecule has 0 unspecified atom stereocenters. The molecule has 0 amide bonds. The molecule has 0 fully saturated rings. The summed E-state index contributed by atoms with van der Waals surface area (Å²) in [6, 6.07) is 4.94. The van der Waals surface area contributed by atoms with Gasteiger partial charge in [-0.15, -0.1) is 6.58 Å². The van der Waals surface area contributed by atoms with Crippen molar-refractivity contribution in [1.82, 2.24) is 0 Å². The van der Waals surface area contributed by atoms with Crippen LogP contribution in [-0.4, -0.2) is 22.8 Å². The molecule has 0 radical (unpaired) electrons. The molecule has 0 aliphatic carbocycles. The predicted octanol–water partition coefficient (Wildman–Crippen LogP) is 1.65. The summed E-state index contributed by atoms with van der Waals surface area (Å²) >= 11 is 0. The molecule has 0 spiro atoms. The van der Waals surface area contributed by atoms with Crippen LogP contribution in [0.3, 0.4) is 0 Å². The van der Waals surface area contributed by atoms with Crippen molar-refractivity contribution in [3.63, 3.8) is 0 Å². The van der Waals surface area contributed by atoms with E-state index in [1.54, 1.807) is 24.3 Å². The number of carboxylic acid groups (broad SMARTS) is 1. The summed E-state index contributed by atoms with van der Waals surface area (Å²) in [5, 5.41) is 17.7. The van der Waals surface area contributed by atoms with Gasteiger partial charge >= 0.3 is 5.97 Å². The lowest BCUT2D eigenvalue weighted by Gasteiger charge is -2.07. The van der Waals surface area contributed by atoms with Gasteiger partial charge < -0.3 is 10.2 Å². The monoisotopic (exact) mass is 206 g/mol. The highest BCUT2D eigenvalue weighted by Crippen LogP contribution is 2.14. The van der Waals surface area contributed by atoms with Crippen molar-refractivity contribution in [2.24, 2.45) is 0 Å². The molecule has 1 aromatic carbocycles. The van der Waals surface area contributed by atoms with E-state index >= 15 is 0 Å². The van der Waals surface area contributed by atoms with E-state index in [-0.39, 0.29) is 12.2 Å². The molecule has 0 atom stereocenters. The highest BCUT2D eigenvalue weighted by Gasteiger charge is 2.06. The summed E-state index contributed by atoms with van der Waals surface area (Å²) in [6.45, 7) is 3.69. The van der Waals surface area contributed by atoms with Crippen LogP contribution in [0.4, 0.5) is 0 Å². The molecule has 0 saturated heterocycles. The third-order valence-corrected chi connectivity index (χ3v) is 2.20. The number of hydrogen-bond donors (Lipinski definition) is 2. The SMILES string of the molecule is C=CCc1cc(C(=O)O)ccc1CCO. The van der Waals surface area contributed by atoms with Gasteiger partial charge in [-0.05, 0) is 36.1 Å². The predicted molar refractivity (Wildman–Crippen MR) is 58.1 cm³/mol. The maximum absolute atomic E-state index is 10.8. The third-order valence-electron chi connectivity index (χ3n) is 2.20. The Morgan fingerprint density at radius 3 is 2.67 bits per heavy atom. The van der Waals surface area contributed by atoms with E-state index in [4.69, 9.17) is 10.2 Å². The zero-order chi connectivity index (χ0) is 11.3. The second-order valence-corrected chi connectivity index (χ2v) is 3.26. The fourth-order valence-electron chi connectivity index (χ4n) is 1.47. The maximum Gasteiger partial charge on any atom is 0.335 e. The molecule has 1 rings (SSSR count). The molecular formula is C12H14O3. The Morgan fingerprint density at radius 1 is 1.40 bits per heavy atom. The van der Waals surface area contributed by atoms with Crippen LogP contribution in [0.5, 0.6) is 0 Å². The fourth-order valence-corrected chi connectivity index (χ4v) is 1.47. The molecule has 0 aromatic heterocycles. The zero-order valence-corrected chi connectivity index (χ0v) is 8.44. The van der Waals surface area contributed by atoms with Gasteiger partial charge in [-0.25, -0.2) is 4.79 Å². The van der Waals surface area contributed by atoms with Gasteiger partial charge in [-0.1, -0.05) is 12.1 Å². The van der Waals surface area contributed by atoms with Crippen molar-refractivity contribution >= 4 is 5.97 Å². The first-order chi connectivity index (χ1) is 7.19. The van der Waals surface area contributed by atoms with Gasteiger partial charge in [0.25, 0.3) is 0 Å². The second kappa shape index (κ2) is 5.32. The van der Waals surface area contributed by atoms with E-state index in [1.165, 1.54) is 0 Å². The summed E-state index contributed by atoms with van der Waals surface area (Å²) in [5.41, 5.74) is 2.16. The molecular weight excluding hydrogens is 192 g/mol. The van der Waals surface area contributed by atoms with Crippen LogP contribution in [0, 0.1) is 0 Å². The van der Waals surface area contributed by atoms with Gasteiger partial charge in [0.15, 0.2) is 0 Å². The van der Waals surface area contributed by atoms with Crippen molar-refractivity contribution in [2.45, 2.75) is 12.8 Å². The molecule has 0 bridgehead atoms. The number of hydrogen-bond acceptors (Lipinski definition) is 2. The van der Waals surface area contributed by atoms with Crippen LogP contribution in [0.25, 0.3) is 0 Å². The number of carboxylic acids is 1. The van der Waals surface area contributed by atoms with Crippen LogP contribution in [0.1, 0.15) is 21.5 Å². The topological polar surface area (TPSA) is 57.5 Å². The van der Waals surface area contributed by atoms with Gasteiger partial charge in [-0.3, -0.25) is 0 Å². The second-order valence-electron chi connectivity index (χ2n) is 3.26. The largest absolute Gasteiger partial charge is 0.478 e. The van der Waals surface area contributed by atoms with Gasteiger partial charge in [0.1, 0.15) is 0 Å². The van der Waals surface area contributed by atoms with Crippen LogP contribution >= 0.6 is 0 Å². The minimum Gasteiger partial charge on any atom is -0.478 e.